The van der Waals surface area contributed by atoms with Gasteiger partial charge in [-0.25, -0.2) is 14.6 Å². The second-order valence-corrected chi connectivity index (χ2v) is 5.74. The number of piperidine rings is 1. The Morgan fingerprint density at radius 3 is 3.11 bits per heavy atom. The van der Waals surface area contributed by atoms with Crippen LogP contribution in [0.1, 0.15) is 34.4 Å². The summed E-state index contributed by atoms with van der Waals surface area (Å²) in [7, 11) is 0. The minimum Gasteiger partial charge on any atom is -0.335 e. The summed E-state index contributed by atoms with van der Waals surface area (Å²) in [5.41, 5.74) is 0.557. The number of nitrogens with zero attached hydrogens (tertiary/aromatic N) is 5. The molecule has 1 amide bonds. The molecular weight excluding hydrogens is 262 g/mol. The third kappa shape index (κ3) is 2.51. The normalized spacial score (nSPS) is 19.6. The van der Waals surface area contributed by atoms with E-state index >= 15 is 0 Å². The Balaban J connectivity index is 1.73. The van der Waals surface area contributed by atoms with Crippen LogP contribution in [0.25, 0.3) is 0 Å². The van der Waals surface area contributed by atoms with Crippen LogP contribution in [-0.4, -0.2) is 43.6 Å². The molecule has 0 N–H and O–H groups in total. The molecule has 1 atom stereocenters. The van der Waals surface area contributed by atoms with Crippen molar-refractivity contribution in [3.05, 3.63) is 28.7 Å². The quantitative estimate of drug-likeness (QED) is 0.835. The number of aryl methyl sites for hydroxylation is 1. The molecular formula is C12H15N5OS. The standard InChI is InChI=1S/C12H15N5OS/c1-9-15-11(6-19-9)12(18)16-4-2-3-10(5-16)17-8-13-7-14-17/h6-8,10H,2-5H2,1H3/t10-/m1/s1. The fraction of sp³-hybridized carbons (Fsp3) is 0.500. The first-order valence-electron chi connectivity index (χ1n) is 6.29. The van der Waals surface area contributed by atoms with Gasteiger partial charge in [0.05, 0.1) is 11.0 Å². The summed E-state index contributed by atoms with van der Waals surface area (Å²) in [5, 5.41) is 6.92. The SMILES string of the molecule is Cc1nc(C(=O)N2CCC[C@@H](n3cncn3)C2)cs1. The molecule has 0 aromatic carbocycles. The van der Waals surface area contributed by atoms with Gasteiger partial charge in [0.1, 0.15) is 18.3 Å². The van der Waals surface area contributed by atoms with E-state index in [9.17, 15) is 4.79 Å². The molecule has 1 saturated heterocycles. The molecule has 100 valence electrons. The summed E-state index contributed by atoms with van der Waals surface area (Å²) in [6, 6.07) is 0.222. The number of carbonyl (C=O) groups is 1. The van der Waals surface area contributed by atoms with Gasteiger partial charge >= 0.3 is 0 Å². The summed E-state index contributed by atoms with van der Waals surface area (Å²) in [5.74, 6) is 0.0224. The van der Waals surface area contributed by atoms with Gasteiger partial charge in [0, 0.05) is 18.5 Å². The second kappa shape index (κ2) is 5.08. The van der Waals surface area contributed by atoms with Gasteiger partial charge in [-0.2, -0.15) is 5.10 Å². The Bertz CT molecular complexity index is 564. The first-order valence-corrected chi connectivity index (χ1v) is 7.17. The van der Waals surface area contributed by atoms with E-state index in [2.05, 4.69) is 15.1 Å². The van der Waals surface area contributed by atoms with E-state index in [0.717, 1.165) is 24.4 Å². The Kier molecular flexibility index (Phi) is 3.29. The van der Waals surface area contributed by atoms with Crippen molar-refractivity contribution in [3.8, 4) is 0 Å². The average molecular weight is 277 g/mol. The van der Waals surface area contributed by atoms with Crippen molar-refractivity contribution in [2.45, 2.75) is 25.8 Å². The lowest BCUT2D eigenvalue weighted by molar-refractivity contribution is 0.0667. The minimum absolute atomic E-state index is 0.0224. The number of hydrogen-bond donors (Lipinski definition) is 0. The molecule has 2 aromatic heterocycles. The predicted octanol–water partition coefficient (Wildman–Crippen LogP) is 1.52. The molecule has 1 aliphatic rings. The Morgan fingerprint density at radius 1 is 1.53 bits per heavy atom. The summed E-state index contributed by atoms with van der Waals surface area (Å²) < 4.78 is 1.84. The molecule has 1 aliphatic heterocycles. The molecule has 0 unspecified atom stereocenters. The first-order chi connectivity index (χ1) is 9.24. The van der Waals surface area contributed by atoms with E-state index in [1.165, 1.54) is 17.7 Å². The van der Waals surface area contributed by atoms with E-state index < -0.39 is 0 Å². The number of hydrogen-bond acceptors (Lipinski definition) is 5. The maximum atomic E-state index is 12.4. The van der Waals surface area contributed by atoms with Crippen molar-refractivity contribution in [1.82, 2.24) is 24.6 Å². The highest BCUT2D eigenvalue weighted by Crippen LogP contribution is 2.22. The van der Waals surface area contributed by atoms with Crippen molar-refractivity contribution < 1.29 is 4.79 Å². The van der Waals surface area contributed by atoms with Crippen LogP contribution in [0.2, 0.25) is 0 Å². The number of thiazole rings is 1. The van der Waals surface area contributed by atoms with Crippen molar-refractivity contribution in [1.29, 1.82) is 0 Å². The van der Waals surface area contributed by atoms with Gasteiger partial charge in [0.15, 0.2) is 0 Å². The lowest BCUT2D eigenvalue weighted by Crippen LogP contribution is -2.41. The smallest absolute Gasteiger partial charge is 0.273 e. The van der Waals surface area contributed by atoms with Crippen LogP contribution in [0.3, 0.4) is 0 Å². The van der Waals surface area contributed by atoms with Gasteiger partial charge in [-0.15, -0.1) is 11.3 Å². The van der Waals surface area contributed by atoms with E-state index in [-0.39, 0.29) is 11.9 Å². The minimum atomic E-state index is 0.0224. The molecule has 6 nitrogen and oxygen atoms in total. The van der Waals surface area contributed by atoms with E-state index in [1.54, 1.807) is 6.33 Å². The van der Waals surface area contributed by atoms with Gasteiger partial charge in [-0.1, -0.05) is 0 Å². The fourth-order valence-corrected chi connectivity index (χ4v) is 2.97. The van der Waals surface area contributed by atoms with Crippen LogP contribution < -0.4 is 0 Å². The highest BCUT2D eigenvalue weighted by molar-refractivity contribution is 7.09. The summed E-state index contributed by atoms with van der Waals surface area (Å²) in [6.07, 6.45) is 5.26. The molecule has 3 rings (SSSR count). The molecule has 1 fully saturated rings. The number of amides is 1. The third-order valence-electron chi connectivity index (χ3n) is 3.33. The Hall–Kier alpha value is -1.76. The molecule has 7 heteroatoms. The van der Waals surface area contributed by atoms with Crippen LogP contribution in [0.4, 0.5) is 0 Å². The lowest BCUT2D eigenvalue weighted by Gasteiger charge is -2.32. The summed E-state index contributed by atoms with van der Waals surface area (Å²) >= 11 is 1.51. The molecule has 2 aromatic rings. The van der Waals surface area contributed by atoms with Crippen LogP contribution in [0.5, 0.6) is 0 Å². The highest BCUT2D eigenvalue weighted by atomic mass is 32.1. The van der Waals surface area contributed by atoms with Crippen LogP contribution in [0, 0.1) is 6.92 Å². The van der Waals surface area contributed by atoms with Crippen LogP contribution in [-0.2, 0) is 0 Å². The lowest BCUT2D eigenvalue weighted by atomic mass is 10.1. The van der Waals surface area contributed by atoms with Crippen molar-refractivity contribution >= 4 is 17.2 Å². The number of carbonyl (C=O) groups excluding carboxylic acids is 1. The highest BCUT2D eigenvalue weighted by Gasteiger charge is 2.26. The average Bonchev–Trinajstić information content (AvgIpc) is 3.09. The molecule has 0 spiro atoms. The predicted molar refractivity (Wildman–Crippen MR) is 71.0 cm³/mol. The van der Waals surface area contributed by atoms with Crippen LogP contribution >= 0.6 is 11.3 Å². The maximum absolute atomic E-state index is 12.4. The molecule has 0 saturated carbocycles. The fourth-order valence-electron chi connectivity index (χ4n) is 2.38. The summed E-state index contributed by atoms with van der Waals surface area (Å²) in [6.45, 7) is 3.38. The number of likely N-dealkylation sites (tertiary alicyclic amines) is 1. The van der Waals surface area contributed by atoms with Crippen molar-refractivity contribution in [3.63, 3.8) is 0 Å². The topological polar surface area (TPSA) is 63.9 Å². The monoisotopic (exact) mass is 277 g/mol. The van der Waals surface area contributed by atoms with Gasteiger partial charge in [0.25, 0.3) is 5.91 Å². The first kappa shape index (κ1) is 12.3. The number of aromatic nitrogens is 4. The van der Waals surface area contributed by atoms with Gasteiger partial charge in [0.2, 0.25) is 0 Å². The van der Waals surface area contributed by atoms with Crippen molar-refractivity contribution in [2.75, 3.05) is 13.1 Å². The molecule has 0 bridgehead atoms. The van der Waals surface area contributed by atoms with Crippen molar-refractivity contribution in [2.24, 2.45) is 0 Å². The zero-order valence-corrected chi connectivity index (χ0v) is 11.5. The largest absolute Gasteiger partial charge is 0.335 e. The molecule has 19 heavy (non-hydrogen) atoms. The van der Waals surface area contributed by atoms with Gasteiger partial charge < -0.3 is 4.90 Å². The zero-order chi connectivity index (χ0) is 13.2. The maximum Gasteiger partial charge on any atom is 0.273 e. The van der Waals surface area contributed by atoms with E-state index in [1.807, 2.05) is 21.9 Å². The van der Waals surface area contributed by atoms with Gasteiger partial charge in [-0.05, 0) is 19.8 Å². The molecule has 0 radical (unpaired) electrons. The van der Waals surface area contributed by atoms with Gasteiger partial charge in [-0.3, -0.25) is 4.79 Å². The van der Waals surface area contributed by atoms with Crippen LogP contribution in [0.15, 0.2) is 18.0 Å². The molecule has 0 aliphatic carbocycles. The summed E-state index contributed by atoms with van der Waals surface area (Å²) in [4.78, 5) is 22.5. The van der Waals surface area contributed by atoms with E-state index in [0.29, 0.717) is 12.2 Å². The Labute approximate surface area is 115 Å². The van der Waals surface area contributed by atoms with E-state index in [4.69, 9.17) is 0 Å². The number of rotatable bonds is 2. The third-order valence-corrected chi connectivity index (χ3v) is 4.11. The second-order valence-electron chi connectivity index (χ2n) is 4.67. The molecule has 3 heterocycles. The zero-order valence-electron chi connectivity index (χ0n) is 10.7. The Morgan fingerprint density at radius 2 is 2.42 bits per heavy atom.